The van der Waals surface area contributed by atoms with Crippen LogP contribution in [-0.4, -0.2) is 23.1 Å². The molecule has 0 saturated carbocycles. The summed E-state index contributed by atoms with van der Waals surface area (Å²) >= 11 is 0. The van der Waals surface area contributed by atoms with Crippen molar-refractivity contribution in [1.82, 2.24) is 0 Å². The number of esters is 2. The molecule has 0 N–H and O–H groups in total. The van der Waals surface area contributed by atoms with E-state index in [9.17, 15) is 9.59 Å². The minimum Gasteiger partial charge on any atom is -0.459 e. The van der Waals surface area contributed by atoms with Crippen molar-refractivity contribution in [2.24, 2.45) is 0 Å². The molecule has 0 aliphatic heterocycles. The van der Waals surface area contributed by atoms with Crippen LogP contribution in [-0.2, 0) is 19.1 Å². The fourth-order valence-electron chi connectivity index (χ4n) is 10.6. The Morgan fingerprint density at radius 1 is 0.227 bits per heavy atom. The molecule has 0 heterocycles. The fraction of sp³-hybridized carbons (Fsp3) is 0.968. The first-order valence-electron chi connectivity index (χ1n) is 30.8. The number of rotatable bonds is 55. The molecule has 0 aliphatic carbocycles. The smallest absolute Gasteiger partial charge is 0.306 e. The highest BCUT2D eigenvalue weighted by Gasteiger charge is 2.34. The molecule has 0 bridgehead atoms. The van der Waals surface area contributed by atoms with Crippen molar-refractivity contribution >= 4 is 11.9 Å². The lowest BCUT2D eigenvalue weighted by molar-refractivity contribution is -0.165. The zero-order chi connectivity index (χ0) is 48.3. The standard InChI is InChI=1S/C62H122O4/c1-7-13-19-25-31-33-35-41-49-57-61(53-45-37-27-21-15-9-3,54-46-38-28-22-16-10-4)65-59(63)51-43-44-52-60(64)66-62(55-47-39-29-23-17-11-5,56-48-40-30-24-18-12-6)58-50-42-36-34-32-26-20-14-8-2/h7-58H2,1-6H3. The number of hydrogen-bond donors (Lipinski definition) is 0. The molecule has 0 amide bonds. The van der Waals surface area contributed by atoms with Gasteiger partial charge >= 0.3 is 11.9 Å². The zero-order valence-corrected chi connectivity index (χ0v) is 46.4. The average Bonchev–Trinajstić information content (AvgIpc) is 3.31. The van der Waals surface area contributed by atoms with Crippen LogP contribution in [0.15, 0.2) is 0 Å². The summed E-state index contributed by atoms with van der Waals surface area (Å²) in [6.45, 7) is 13.8. The van der Waals surface area contributed by atoms with Gasteiger partial charge in [-0.15, -0.1) is 0 Å². The van der Waals surface area contributed by atoms with Crippen LogP contribution in [0.25, 0.3) is 0 Å². The van der Waals surface area contributed by atoms with Gasteiger partial charge in [0.2, 0.25) is 0 Å². The average molecular weight is 932 g/mol. The number of unbranched alkanes of at least 4 members (excludes halogenated alkanes) is 37. The van der Waals surface area contributed by atoms with Crippen molar-refractivity contribution in [1.29, 1.82) is 0 Å². The van der Waals surface area contributed by atoms with Gasteiger partial charge in [-0.05, 0) is 89.9 Å². The maximum absolute atomic E-state index is 13.9. The molecule has 4 heteroatoms. The molecular weight excluding hydrogens is 809 g/mol. The first kappa shape index (κ1) is 64.9. The molecule has 0 atom stereocenters. The first-order valence-corrected chi connectivity index (χ1v) is 30.8. The van der Waals surface area contributed by atoms with Gasteiger partial charge in [-0.1, -0.05) is 273 Å². The van der Waals surface area contributed by atoms with Crippen LogP contribution in [0.2, 0.25) is 0 Å². The van der Waals surface area contributed by atoms with E-state index in [1.807, 2.05) is 0 Å². The van der Waals surface area contributed by atoms with Gasteiger partial charge in [-0.25, -0.2) is 0 Å². The van der Waals surface area contributed by atoms with Crippen LogP contribution < -0.4 is 0 Å². The number of carbonyl (C=O) groups is 2. The van der Waals surface area contributed by atoms with Gasteiger partial charge in [0.1, 0.15) is 11.2 Å². The van der Waals surface area contributed by atoms with Crippen molar-refractivity contribution in [3.8, 4) is 0 Å². The second-order valence-electron chi connectivity index (χ2n) is 21.7. The van der Waals surface area contributed by atoms with E-state index >= 15 is 0 Å². The van der Waals surface area contributed by atoms with E-state index in [4.69, 9.17) is 9.47 Å². The van der Waals surface area contributed by atoms with Crippen LogP contribution >= 0.6 is 0 Å². The third-order valence-electron chi connectivity index (χ3n) is 15.1. The summed E-state index contributed by atoms with van der Waals surface area (Å²) in [6.07, 6.45) is 62.5. The molecule has 0 aromatic rings. The third kappa shape index (κ3) is 41.9. The molecule has 0 aromatic carbocycles. The maximum atomic E-state index is 13.9. The molecule has 66 heavy (non-hydrogen) atoms. The number of hydrogen-bond acceptors (Lipinski definition) is 4. The molecular formula is C62H122O4. The van der Waals surface area contributed by atoms with Crippen molar-refractivity contribution < 1.29 is 19.1 Å². The highest BCUT2D eigenvalue weighted by Crippen LogP contribution is 2.36. The summed E-state index contributed by atoms with van der Waals surface area (Å²) in [5.74, 6) is -0.0516. The Morgan fingerprint density at radius 2 is 0.379 bits per heavy atom. The van der Waals surface area contributed by atoms with E-state index < -0.39 is 0 Å². The van der Waals surface area contributed by atoms with Crippen LogP contribution in [0.1, 0.15) is 375 Å². The first-order chi connectivity index (χ1) is 32.4. The second kappa shape index (κ2) is 50.3. The highest BCUT2D eigenvalue weighted by molar-refractivity contribution is 5.71. The Bertz CT molecular complexity index is 880. The van der Waals surface area contributed by atoms with Gasteiger partial charge in [0, 0.05) is 12.8 Å². The quantitative estimate of drug-likeness (QED) is 0.0450. The SMILES string of the molecule is CCCCCCCCCCCC(CCCCCCCC)(CCCCCCCC)OC(=O)CCCCC(=O)OC(CCCCCCCC)(CCCCCCCC)CCCCCCCCCCC. The van der Waals surface area contributed by atoms with Crippen molar-refractivity contribution in [3.05, 3.63) is 0 Å². The summed E-state index contributed by atoms with van der Waals surface area (Å²) in [5, 5.41) is 0. The Hall–Kier alpha value is -1.06. The highest BCUT2D eigenvalue weighted by atomic mass is 16.6. The third-order valence-corrected chi connectivity index (χ3v) is 15.1. The lowest BCUT2D eigenvalue weighted by Crippen LogP contribution is -2.36. The predicted molar refractivity (Wildman–Crippen MR) is 292 cm³/mol. The van der Waals surface area contributed by atoms with E-state index in [-0.39, 0.29) is 23.1 Å². The molecule has 0 radical (unpaired) electrons. The van der Waals surface area contributed by atoms with Gasteiger partial charge < -0.3 is 9.47 Å². The molecule has 0 unspecified atom stereocenters. The van der Waals surface area contributed by atoms with E-state index in [0.29, 0.717) is 25.7 Å². The molecule has 0 rings (SSSR count). The van der Waals surface area contributed by atoms with E-state index in [1.165, 1.54) is 231 Å². The topological polar surface area (TPSA) is 52.6 Å². The van der Waals surface area contributed by atoms with E-state index in [2.05, 4.69) is 41.5 Å². The molecule has 0 aromatic heterocycles. The summed E-state index contributed by atoms with van der Waals surface area (Å²) < 4.78 is 13.5. The van der Waals surface area contributed by atoms with Crippen LogP contribution in [0.3, 0.4) is 0 Å². The lowest BCUT2D eigenvalue weighted by atomic mass is 9.84. The van der Waals surface area contributed by atoms with Crippen molar-refractivity contribution in [2.75, 3.05) is 0 Å². The van der Waals surface area contributed by atoms with Gasteiger partial charge in [0.15, 0.2) is 0 Å². The van der Waals surface area contributed by atoms with E-state index in [1.54, 1.807) is 0 Å². The van der Waals surface area contributed by atoms with Gasteiger partial charge in [0.25, 0.3) is 0 Å². The second-order valence-corrected chi connectivity index (χ2v) is 21.7. The molecule has 4 nitrogen and oxygen atoms in total. The molecule has 0 saturated heterocycles. The minimum absolute atomic E-state index is 0.0258. The van der Waals surface area contributed by atoms with Crippen molar-refractivity contribution in [2.45, 2.75) is 387 Å². The number of carbonyl (C=O) groups excluding carboxylic acids is 2. The summed E-state index contributed by atoms with van der Waals surface area (Å²) in [7, 11) is 0. The van der Waals surface area contributed by atoms with Crippen LogP contribution in [0.5, 0.6) is 0 Å². The minimum atomic E-state index is -0.325. The molecule has 0 aliphatic rings. The summed E-state index contributed by atoms with van der Waals surface area (Å²) in [4.78, 5) is 27.8. The Balaban J connectivity index is 5.73. The Labute approximate surface area is 416 Å². The molecule has 0 fully saturated rings. The molecule has 394 valence electrons. The van der Waals surface area contributed by atoms with Crippen molar-refractivity contribution in [3.63, 3.8) is 0 Å². The Kier molecular flexibility index (Phi) is 49.5. The fourth-order valence-corrected chi connectivity index (χ4v) is 10.6. The zero-order valence-electron chi connectivity index (χ0n) is 46.4. The normalized spacial score (nSPS) is 12.0. The number of ether oxygens (including phenoxy) is 2. The largest absolute Gasteiger partial charge is 0.459 e. The van der Waals surface area contributed by atoms with Gasteiger partial charge in [-0.2, -0.15) is 0 Å². The Morgan fingerprint density at radius 3 is 0.545 bits per heavy atom. The predicted octanol–water partition coefficient (Wildman–Crippen LogP) is 22.0. The van der Waals surface area contributed by atoms with Gasteiger partial charge in [0.05, 0.1) is 0 Å². The monoisotopic (exact) mass is 931 g/mol. The summed E-state index contributed by atoms with van der Waals surface area (Å²) in [5.41, 5.74) is -0.650. The van der Waals surface area contributed by atoms with Crippen LogP contribution in [0, 0.1) is 0 Å². The van der Waals surface area contributed by atoms with Crippen LogP contribution in [0.4, 0.5) is 0 Å². The van der Waals surface area contributed by atoms with E-state index in [0.717, 1.165) is 77.0 Å². The maximum Gasteiger partial charge on any atom is 0.306 e. The summed E-state index contributed by atoms with van der Waals surface area (Å²) in [6, 6.07) is 0. The molecule has 0 spiro atoms. The van der Waals surface area contributed by atoms with Gasteiger partial charge in [-0.3, -0.25) is 9.59 Å². The lowest BCUT2D eigenvalue weighted by Gasteiger charge is -2.35.